The lowest BCUT2D eigenvalue weighted by molar-refractivity contribution is 0.580. The highest BCUT2D eigenvalue weighted by molar-refractivity contribution is 5.69. The topological polar surface area (TPSA) is 36.7 Å². The highest BCUT2D eigenvalue weighted by Gasteiger charge is 2.09. The van der Waals surface area contributed by atoms with E-state index in [4.69, 9.17) is 5.26 Å². The Morgan fingerprint density at radius 3 is 2.53 bits per heavy atom. The SMILES string of the molecule is N#Cc1c(-c2ccccc2)ccnc1F. The number of nitrogens with zero attached hydrogens (tertiary/aromatic N) is 2. The Morgan fingerprint density at radius 2 is 1.87 bits per heavy atom. The van der Waals surface area contributed by atoms with Gasteiger partial charge in [0.15, 0.2) is 0 Å². The van der Waals surface area contributed by atoms with Crippen molar-refractivity contribution in [2.75, 3.05) is 0 Å². The van der Waals surface area contributed by atoms with E-state index in [0.717, 1.165) is 5.56 Å². The third kappa shape index (κ3) is 1.70. The van der Waals surface area contributed by atoms with Crippen molar-refractivity contribution >= 4 is 0 Å². The van der Waals surface area contributed by atoms with Crippen molar-refractivity contribution in [3.05, 3.63) is 54.1 Å². The second-order valence-electron chi connectivity index (χ2n) is 3.00. The average molecular weight is 198 g/mol. The summed E-state index contributed by atoms with van der Waals surface area (Å²) in [7, 11) is 0. The van der Waals surface area contributed by atoms with E-state index in [9.17, 15) is 4.39 Å². The van der Waals surface area contributed by atoms with Gasteiger partial charge >= 0.3 is 0 Å². The van der Waals surface area contributed by atoms with Gasteiger partial charge in [0.25, 0.3) is 0 Å². The first-order chi connectivity index (χ1) is 7.33. The van der Waals surface area contributed by atoms with Crippen LogP contribution in [0.2, 0.25) is 0 Å². The van der Waals surface area contributed by atoms with Crippen LogP contribution in [-0.4, -0.2) is 4.98 Å². The highest BCUT2D eigenvalue weighted by Crippen LogP contribution is 2.23. The second kappa shape index (κ2) is 3.89. The fraction of sp³-hybridized carbons (Fsp3) is 0. The fourth-order valence-corrected chi connectivity index (χ4v) is 1.40. The predicted molar refractivity (Wildman–Crippen MR) is 54.3 cm³/mol. The Labute approximate surface area is 86.6 Å². The van der Waals surface area contributed by atoms with E-state index in [1.165, 1.54) is 6.20 Å². The molecule has 0 saturated heterocycles. The van der Waals surface area contributed by atoms with Crippen LogP contribution in [0.15, 0.2) is 42.6 Å². The molecule has 0 fully saturated rings. The minimum Gasteiger partial charge on any atom is -0.227 e. The van der Waals surface area contributed by atoms with Crippen molar-refractivity contribution < 1.29 is 4.39 Å². The van der Waals surface area contributed by atoms with Gasteiger partial charge in [0.05, 0.1) is 0 Å². The molecule has 0 amide bonds. The third-order valence-electron chi connectivity index (χ3n) is 2.10. The molecular formula is C12H7FN2. The van der Waals surface area contributed by atoms with Gasteiger partial charge < -0.3 is 0 Å². The van der Waals surface area contributed by atoms with Crippen LogP contribution in [0.5, 0.6) is 0 Å². The monoisotopic (exact) mass is 198 g/mol. The summed E-state index contributed by atoms with van der Waals surface area (Å²) < 4.78 is 13.2. The zero-order chi connectivity index (χ0) is 10.7. The quantitative estimate of drug-likeness (QED) is 0.660. The van der Waals surface area contributed by atoms with E-state index >= 15 is 0 Å². The molecule has 0 aliphatic heterocycles. The van der Waals surface area contributed by atoms with Gasteiger partial charge in [-0.05, 0) is 11.6 Å². The summed E-state index contributed by atoms with van der Waals surface area (Å²) >= 11 is 0. The molecule has 2 nitrogen and oxygen atoms in total. The number of aromatic nitrogens is 1. The maximum Gasteiger partial charge on any atom is 0.231 e. The van der Waals surface area contributed by atoms with Crippen molar-refractivity contribution in [3.63, 3.8) is 0 Å². The Kier molecular flexibility index (Phi) is 2.42. The van der Waals surface area contributed by atoms with Crippen molar-refractivity contribution in [2.24, 2.45) is 0 Å². The molecule has 0 spiro atoms. The Hall–Kier alpha value is -2.21. The Balaban J connectivity index is 2.65. The summed E-state index contributed by atoms with van der Waals surface area (Å²) in [6, 6.07) is 12.7. The maximum atomic E-state index is 13.2. The first kappa shape index (κ1) is 9.35. The Bertz CT molecular complexity index is 515. The van der Waals surface area contributed by atoms with Gasteiger partial charge in [-0.15, -0.1) is 0 Å². The van der Waals surface area contributed by atoms with Gasteiger partial charge in [-0.25, -0.2) is 4.98 Å². The van der Waals surface area contributed by atoms with Crippen molar-refractivity contribution in [1.29, 1.82) is 5.26 Å². The minimum atomic E-state index is -0.723. The Morgan fingerprint density at radius 1 is 1.13 bits per heavy atom. The molecule has 0 N–H and O–H groups in total. The highest BCUT2D eigenvalue weighted by atomic mass is 19.1. The molecule has 72 valence electrons. The second-order valence-corrected chi connectivity index (χ2v) is 3.00. The number of hydrogen-bond acceptors (Lipinski definition) is 2. The van der Waals surface area contributed by atoms with Gasteiger partial charge in [-0.2, -0.15) is 9.65 Å². The number of nitriles is 1. The first-order valence-corrected chi connectivity index (χ1v) is 4.43. The lowest BCUT2D eigenvalue weighted by Gasteiger charge is -2.03. The van der Waals surface area contributed by atoms with Crippen molar-refractivity contribution in [3.8, 4) is 17.2 Å². The molecule has 1 aromatic carbocycles. The largest absolute Gasteiger partial charge is 0.231 e. The van der Waals surface area contributed by atoms with Gasteiger partial charge in [0.1, 0.15) is 11.6 Å². The van der Waals surface area contributed by atoms with E-state index in [1.807, 2.05) is 36.4 Å². The zero-order valence-electron chi connectivity index (χ0n) is 7.81. The van der Waals surface area contributed by atoms with E-state index in [-0.39, 0.29) is 5.56 Å². The number of benzene rings is 1. The van der Waals surface area contributed by atoms with Gasteiger partial charge in [-0.3, -0.25) is 0 Å². The lowest BCUT2D eigenvalue weighted by atomic mass is 10.0. The van der Waals surface area contributed by atoms with Crippen LogP contribution in [0.4, 0.5) is 4.39 Å². The van der Waals surface area contributed by atoms with Gasteiger partial charge in [-0.1, -0.05) is 30.3 Å². The molecule has 0 aliphatic carbocycles. The molecule has 1 heterocycles. The number of rotatable bonds is 1. The first-order valence-electron chi connectivity index (χ1n) is 4.43. The predicted octanol–water partition coefficient (Wildman–Crippen LogP) is 2.76. The van der Waals surface area contributed by atoms with E-state index in [2.05, 4.69) is 4.98 Å². The van der Waals surface area contributed by atoms with Crippen LogP contribution < -0.4 is 0 Å². The van der Waals surface area contributed by atoms with Crippen LogP contribution >= 0.6 is 0 Å². The standard InChI is InChI=1S/C12H7FN2/c13-12-11(8-14)10(6-7-15-12)9-4-2-1-3-5-9/h1-7H. The van der Waals surface area contributed by atoms with Crippen LogP contribution in [0.1, 0.15) is 5.56 Å². The normalized spacial score (nSPS) is 9.60. The maximum absolute atomic E-state index is 13.2. The molecule has 0 unspecified atom stereocenters. The number of halogens is 1. The summed E-state index contributed by atoms with van der Waals surface area (Å²) in [4.78, 5) is 3.45. The molecule has 0 atom stereocenters. The molecule has 0 bridgehead atoms. The molecule has 15 heavy (non-hydrogen) atoms. The van der Waals surface area contributed by atoms with Crippen LogP contribution in [0, 0.1) is 17.3 Å². The summed E-state index contributed by atoms with van der Waals surface area (Å²) in [5.74, 6) is -0.723. The van der Waals surface area contributed by atoms with Gasteiger partial charge in [0, 0.05) is 11.8 Å². The van der Waals surface area contributed by atoms with Gasteiger partial charge in [0.2, 0.25) is 5.95 Å². The van der Waals surface area contributed by atoms with E-state index in [0.29, 0.717) is 5.56 Å². The van der Waals surface area contributed by atoms with Crippen molar-refractivity contribution in [2.45, 2.75) is 0 Å². The average Bonchev–Trinajstić information content (AvgIpc) is 2.30. The molecular weight excluding hydrogens is 191 g/mol. The van der Waals surface area contributed by atoms with Crippen LogP contribution in [0.25, 0.3) is 11.1 Å². The van der Waals surface area contributed by atoms with E-state index < -0.39 is 5.95 Å². The molecule has 1 aromatic heterocycles. The zero-order valence-corrected chi connectivity index (χ0v) is 7.81. The third-order valence-corrected chi connectivity index (χ3v) is 2.10. The molecule has 0 saturated carbocycles. The fourth-order valence-electron chi connectivity index (χ4n) is 1.40. The molecule has 3 heteroatoms. The van der Waals surface area contributed by atoms with E-state index in [1.54, 1.807) is 6.07 Å². The molecule has 2 rings (SSSR count). The number of hydrogen-bond donors (Lipinski definition) is 0. The van der Waals surface area contributed by atoms with Crippen LogP contribution in [-0.2, 0) is 0 Å². The van der Waals surface area contributed by atoms with Crippen molar-refractivity contribution in [1.82, 2.24) is 4.98 Å². The molecule has 2 aromatic rings. The number of pyridine rings is 1. The minimum absolute atomic E-state index is 0.0105. The summed E-state index contributed by atoms with van der Waals surface area (Å²) in [6.07, 6.45) is 1.36. The lowest BCUT2D eigenvalue weighted by Crippen LogP contribution is -1.92. The molecule has 0 aliphatic rings. The van der Waals surface area contributed by atoms with Crippen LogP contribution in [0.3, 0.4) is 0 Å². The smallest absolute Gasteiger partial charge is 0.227 e. The summed E-state index contributed by atoms with van der Waals surface area (Å²) in [5, 5.41) is 8.83. The summed E-state index contributed by atoms with van der Waals surface area (Å²) in [6.45, 7) is 0. The summed E-state index contributed by atoms with van der Waals surface area (Å²) in [5.41, 5.74) is 1.38. The molecule has 0 radical (unpaired) electrons.